The van der Waals surface area contributed by atoms with Crippen LogP contribution in [0.1, 0.15) is 50.2 Å². The van der Waals surface area contributed by atoms with Gasteiger partial charge in [-0.25, -0.2) is 0 Å². The number of carbonyl (C=O) groups is 1. The second-order valence-electron chi connectivity index (χ2n) is 6.19. The van der Waals surface area contributed by atoms with Crippen molar-refractivity contribution < 1.29 is 4.79 Å². The van der Waals surface area contributed by atoms with Gasteiger partial charge >= 0.3 is 0 Å². The molecule has 0 spiro atoms. The molecule has 0 aromatic heterocycles. The van der Waals surface area contributed by atoms with Crippen LogP contribution in [0.2, 0.25) is 0 Å². The van der Waals surface area contributed by atoms with Crippen LogP contribution in [0.5, 0.6) is 0 Å². The number of nitrogens with two attached hydrogens (primary N) is 1. The molecule has 1 saturated carbocycles. The molecule has 0 saturated heterocycles. The highest BCUT2D eigenvalue weighted by atomic mass is 16.2. The van der Waals surface area contributed by atoms with E-state index in [9.17, 15) is 4.79 Å². The van der Waals surface area contributed by atoms with E-state index in [1.807, 2.05) is 17.0 Å². The quantitative estimate of drug-likeness (QED) is 0.864. The molecule has 1 aliphatic carbocycles. The van der Waals surface area contributed by atoms with Gasteiger partial charge in [0.05, 0.1) is 5.92 Å². The Labute approximate surface area is 128 Å². The van der Waals surface area contributed by atoms with E-state index in [2.05, 4.69) is 26.0 Å². The first kappa shape index (κ1) is 16.0. The summed E-state index contributed by atoms with van der Waals surface area (Å²) >= 11 is 0. The van der Waals surface area contributed by atoms with Gasteiger partial charge in [-0.1, -0.05) is 43.5 Å². The molecule has 21 heavy (non-hydrogen) atoms. The third-order valence-corrected chi connectivity index (χ3v) is 4.70. The highest BCUT2D eigenvalue weighted by Crippen LogP contribution is 2.25. The Morgan fingerprint density at radius 1 is 1.24 bits per heavy atom. The zero-order valence-corrected chi connectivity index (χ0v) is 13.3. The van der Waals surface area contributed by atoms with Crippen LogP contribution in [0.15, 0.2) is 24.3 Å². The number of carbonyl (C=O) groups excluding carboxylic acids is 1. The first-order valence-corrected chi connectivity index (χ1v) is 8.22. The Morgan fingerprint density at radius 3 is 2.67 bits per heavy atom. The highest BCUT2D eigenvalue weighted by molar-refractivity contribution is 5.79. The molecule has 0 radical (unpaired) electrons. The summed E-state index contributed by atoms with van der Waals surface area (Å²) in [6.45, 7) is 5.60. The van der Waals surface area contributed by atoms with Gasteiger partial charge in [-0.15, -0.1) is 0 Å². The summed E-state index contributed by atoms with van der Waals surface area (Å²) < 4.78 is 0. The van der Waals surface area contributed by atoms with E-state index in [-0.39, 0.29) is 17.9 Å². The first-order valence-electron chi connectivity index (χ1n) is 8.22. The van der Waals surface area contributed by atoms with Crippen LogP contribution in [0.3, 0.4) is 0 Å². The predicted octanol–water partition coefficient (Wildman–Crippen LogP) is 3.25. The van der Waals surface area contributed by atoms with Crippen LogP contribution < -0.4 is 5.73 Å². The van der Waals surface area contributed by atoms with Crippen molar-refractivity contribution in [2.24, 2.45) is 11.7 Å². The molecule has 3 nitrogen and oxygen atoms in total. The number of hydrogen-bond acceptors (Lipinski definition) is 2. The molecule has 1 amide bonds. The van der Waals surface area contributed by atoms with E-state index in [1.165, 1.54) is 17.5 Å². The first-order chi connectivity index (χ1) is 10.1. The van der Waals surface area contributed by atoms with Gasteiger partial charge in [-0.2, -0.15) is 0 Å². The Balaban J connectivity index is 2.09. The number of rotatable bonds is 4. The summed E-state index contributed by atoms with van der Waals surface area (Å²) in [5.41, 5.74) is 8.72. The molecule has 0 bridgehead atoms. The third kappa shape index (κ3) is 4.07. The predicted molar refractivity (Wildman–Crippen MR) is 86.8 cm³/mol. The molecule has 0 heterocycles. The molecule has 2 atom stereocenters. The Bertz CT molecular complexity index is 472. The van der Waals surface area contributed by atoms with Gasteiger partial charge in [0, 0.05) is 19.1 Å². The summed E-state index contributed by atoms with van der Waals surface area (Å²) in [7, 11) is 0. The molecule has 3 heteroatoms. The smallest absolute Gasteiger partial charge is 0.227 e. The van der Waals surface area contributed by atoms with E-state index in [4.69, 9.17) is 5.73 Å². The number of benzene rings is 1. The zero-order chi connectivity index (χ0) is 15.2. The fourth-order valence-electron chi connectivity index (χ4n) is 3.22. The van der Waals surface area contributed by atoms with Crippen molar-refractivity contribution in [2.75, 3.05) is 6.54 Å². The average Bonchev–Trinajstić information content (AvgIpc) is 2.70. The maximum Gasteiger partial charge on any atom is 0.227 e. The van der Waals surface area contributed by atoms with Crippen molar-refractivity contribution in [3.8, 4) is 0 Å². The molecule has 2 rings (SSSR count). The maximum atomic E-state index is 12.9. The zero-order valence-electron chi connectivity index (χ0n) is 13.3. The Kier molecular flexibility index (Phi) is 5.80. The molecular formula is C18H28N2O. The molecule has 1 fully saturated rings. The summed E-state index contributed by atoms with van der Waals surface area (Å²) in [5.74, 6) is 0.256. The monoisotopic (exact) mass is 288 g/mol. The minimum atomic E-state index is 0.0106. The van der Waals surface area contributed by atoms with Gasteiger partial charge in [0.25, 0.3) is 0 Å². The van der Waals surface area contributed by atoms with Gasteiger partial charge in [-0.05, 0) is 37.8 Å². The van der Waals surface area contributed by atoms with Crippen molar-refractivity contribution in [1.82, 2.24) is 4.90 Å². The van der Waals surface area contributed by atoms with E-state index in [0.29, 0.717) is 6.54 Å². The van der Waals surface area contributed by atoms with Crippen LogP contribution in [0.4, 0.5) is 0 Å². The van der Waals surface area contributed by atoms with E-state index >= 15 is 0 Å². The summed E-state index contributed by atoms with van der Waals surface area (Å²) in [4.78, 5) is 14.8. The van der Waals surface area contributed by atoms with Crippen molar-refractivity contribution in [2.45, 2.75) is 58.5 Å². The number of hydrogen-bond donors (Lipinski definition) is 1. The molecule has 1 aromatic rings. The average molecular weight is 288 g/mol. The molecular weight excluding hydrogens is 260 g/mol. The second kappa shape index (κ2) is 7.60. The van der Waals surface area contributed by atoms with Gasteiger partial charge in [0.2, 0.25) is 5.91 Å². The van der Waals surface area contributed by atoms with Gasteiger partial charge in [0.15, 0.2) is 0 Å². The third-order valence-electron chi connectivity index (χ3n) is 4.70. The van der Waals surface area contributed by atoms with Crippen molar-refractivity contribution in [1.29, 1.82) is 0 Å². The minimum Gasteiger partial charge on any atom is -0.338 e. The topological polar surface area (TPSA) is 46.3 Å². The van der Waals surface area contributed by atoms with Gasteiger partial charge in [-0.3, -0.25) is 4.79 Å². The maximum absolute atomic E-state index is 12.9. The SMILES string of the molecule is CCN(Cc1ccccc1C)C(=O)C1CCCCCC1N. The molecule has 1 aromatic carbocycles. The van der Waals surface area contributed by atoms with Crippen LogP contribution in [0.25, 0.3) is 0 Å². The number of aryl methyl sites for hydroxylation is 1. The standard InChI is InChI=1S/C18H28N2O/c1-3-20(13-15-10-8-7-9-14(15)2)18(21)16-11-5-4-6-12-17(16)19/h7-10,16-17H,3-6,11-13,19H2,1-2H3. The fraction of sp³-hybridized carbons (Fsp3) is 0.611. The Hall–Kier alpha value is -1.35. The van der Waals surface area contributed by atoms with E-state index < -0.39 is 0 Å². The molecule has 116 valence electrons. The number of nitrogens with zero attached hydrogens (tertiary/aromatic N) is 1. The van der Waals surface area contributed by atoms with Crippen molar-refractivity contribution in [3.63, 3.8) is 0 Å². The van der Waals surface area contributed by atoms with Gasteiger partial charge < -0.3 is 10.6 Å². The lowest BCUT2D eigenvalue weighted by Gasteiger charge is -2.29. The number of amides is 1. The lowest BCUT2D eigenvalue weighted by molar-refractivity contribution is -0.136. The molecule has 2 N–H and O–H groups in total. The molecule has 2 unspecified atom stereocenters. The van der Waals surface area contributed by atoms with E-state index in [1.54, 1.807) is 0 Å². The van der Waals surface area contributed by atoms with Crippen LogP contribution in [0, 0.1) is 12.8 Å². The fourth-order valence-corrected chi connectivity index (χ4v) is 3.22. The van der Waals surface area contributed by atoms with Crippen LogP contribution >= 0.6 is 0 Å². The van der Waals surface area contributed by atoms with E-state index in [0.717, 1.165) is 32.2 Å². The molecule has 0 aliphatic heterocycles. The Morgan fingerprint density at radius 2 is 1.95 bits per heavy atom. The van der Waals surface area contributed by atoms with Gasteiger partial charge in [0.1, 0.15) is 0 Å². The minimum absolute atomic E-state index is 0.0106. The normalized spacial score (nSPS) is 22.6. The summed E-state index contributed by atoms with van der Waals surface area (Å²) in [6, 6.07) is 8.32. The van der Waals surface area contributed by atoms with Crippen LogP contribution in [-0.4, -0.2) is 23.4 Å². The molecule has 1 aliphatic rings. The lowest BCUT2D eigenvalue weighted by atomic mass is 9.93. The summed E-state index contributed by atoms with van der Waals surface area (Å²) in [5, 5.41) is 0. The van der Waals surface area contributed by atoms with Crippen molar-refractivity contribution in [3.05, 3.63) is 35.4 Å². The largest absolute Gasteiger partial charge is 0.338 e. The van der Waals surface area contributed by atoms with Crippen molar-refractivity contribution >= 4 is 5.91 Å². The van der Waals surface area contributed by atoms with Crippen LogP contribution in [-0.2, 0) is 11.3 Å². The summed E-state index contributed by atoms with van der Waals surface area (Å²) in [6.07, 6.45) is 5.44. The lowest BCUT2D eigenvalue weighted by Crippen LogP contribution is -2.43. The second-order valence-corrected chi connectivity index (χ2v) is 6.19. The highest BCUT2D eigenvalue weighted by Gasteiger charge is 2.30.